The van der Waals surface area contributed by atoms with Crippen LogP contribution < -0.4 is 5.32 Å². The summed E-state index contributed by atoms with van der Waals surface area (Å²) in [6, 6.07) is 14.3. The molecule has 32 heavy (non-hydrogen) atoms. The molecule has 6 rings (SSSR count). The fourth-order valence-electron chi connectivity index (χ4n) is 3.98. The third-order valence-corrected chi connectivity index (χ3v) is 6.75. The summed E-state index contributed by atoms with van der Waals surface area (Å²) in [5.74, 6) is 0.838. The third kappa shape index (κ3) is 3.59. The molecule has 5 aromatic heterocycles. The van der Waals surface area contributed by atoms with Crippen molar-refractivity contribution in [1.82, 2.24) is 24.1 Å². The maximum absolute atomic E-state index is 6.12. The van der Waals surface area contributed by atoms with Gasteiger partial charge in [0.25, 0.3) is 0 Å². The summed E-state index contributed by atoms with van der Waals surface area (Å²) in [5, 5.41) is 11.2. The van der Waals surface area contributed by atoms with E-state index in [0.717, 1.165) is 38.6 Å². The van der Waals surface area contributed by atoms with E-state index in [1.54, 1.807) is 17.5 Å². The van der Waals surface area contributed by atoms with Crippen LogP contribution in [0.4, 0.5) is 5.82 Å². The number of pyridine rings is 2. The minimum Gasteiger partial charge on any atom is -0.365 e. The van der Waals surface area contributed by atoms with Crippen LogP contribution in [0.2, 0.25) is 5.02 Å². The van der Waals surface area contributed by atoms with Gasteiger partial charge < -0.3 is 9.72 Å². The Labute approximate surface area is 193 Å². The molecule has 0 aliphatic heterocycles. The lowest BCUT2D eigenvalue weighted by atomic mass is 10.2. The fraction of sp³-hybridized carbons (Fsp3) is 0.125. The van der Waals surface area contributed by atoms with Gasteiger partial charge in [0.1, 0.15) is 11.5 Å². The Morgan fingerprint density at radius 1 is 1.06 bits per heavy atom. The van der Waals surface area contributed by atoms with Crippen LogP contribution in [-0.4, -0.2) is 24.1 Å². The first kappa shape index (κ1) is 19.3. The highest BCUT2D eigenvalue weighted by molar-refractivity contribution is 7.19. The first-order chi connectivity index (χ1) is 15.6. The quantitative estimate of drug-likeness (QED) is 0.348. The Morgan fingerprint density at radius 3 is 2.94 bits per heavy atom. The van der Waals surface area contributed by atoms with E-state index in [0.29, 0.717) is 13.1 Å². The van der Waals surface area contributed by atoms with E-state index < -0.39 is 0 Å². The zero-order valence-electron chi connectivity index (χ0n) is 17.3. The molecule has 0 atom stereocenters. The number of nitrogens with zero attached hydrogens (tertiary/aromatic N) is 5. The van der Waals surface area contributed by atoms with Gasteiger partial charge in [-0.05, 0) is 48.2 Å². The smallest absolute Gasteiger partial charge is 0.137 e. The summed E-state index contributed by atoms with van der Waals surface area (Å²) in [6.45, 7) is 3.38. The summed E-state index contributed by atoms with van der Waals surface area (Å²) in [4.78, 5) is 10.3. The van der Waals surface area contributed by atoms with Crippen LogP contribution in [0.1, 0.15) is 16.1 Å². The van der Waals surface area contributed by atoms with E-state index >= 15 is 0 Å². The number of aryl methyl sites for hydroxylation is 1. The van der Waals surface area contributed by atoms with Crippen LogP contribution >= 0.6 is 22.9 Å². The molecule has 158 valence electrons. The molecule has 0 fully saturated rings. The molecule has 0 saturated carbocycles. The van der Waals surface area contributed by atoms with E-state index in [4.69, 9.17) is 16.7 Å². The van der Waals surface area contributed by atoms with Crippen molar-refractivity contribution in [1.29, 1.82) is 0 Å². The van der Waals surface area contributed by atoms with Crippen molar-refractivity contribution >= 4 is 55.4 Å². The number of benzene rings is 1. The van der Waals surface area contributed by atoms with Crippen LogP contribution in [-0.2, 0) is 13.1 Å². The van der Waals surface area contributed by atoms with E-state index in [1.165, 1.54) is 15.0 Å². The molecule has 0 aliphatic carbocycles. The lowest BCUT2D eigenvalue weighted by Crippen LogP contribution is -2.01. The normalized spacial score (nSPS) is 11.7. The number of rotatable bonds is 5. The Morgan fingerprint density at radius 2 is 2.00 bits per heavy atom. The largest absolute Gasteiger partial charge is 0.365 e. The number of hydrogen-bond donors (Lipinski definition) is 1. The second-order valence-corrected chi connectivity index (χ2v) is 9.46. The van der Waals surface area contributed by atoms with Crippen molar-refractivity contribution in [3.8, 4) is 0 Å². The average molecular weight is 459 g/mol. The summed E-state index contributed by atoms with van der Waals surface area (Å²) in [5.41, 5.74) is 4.05. The molecule has 6 nitrogen and oxygen atoms in total. The maximum Gasteiger partial charge on any atom is 0.137 e. The summed E-state index contributed by atoms with van der Waals surface area (Å²) in [6.07, 6.45) is 7.99. The van der Waals surface area contributed by atoms with Crippen LogP contribution in [0.5, 0.6) is 0 Å². The Bertz CT molecular complexity index is 1590. The van der Waals surface area contributed by atoms with Crippen LogP contribution in [0.3, 0.4) is 0 Å². The van der Waals surface area contributed by atoms with Crippen molar-refractivity contribution in [2.24, 2.45) is 0 Å². The molecular formula is C24H19ClN6S. The monoisotopic (exact) mass is 458 g/mol. The number of halogens is 1. The molecule has 0 amide bonds. The van der Waals surface area contributed by atoms with Gasteiger partial charge in [-0.2, -0.15) is 5.10 Å². The lowest BCUT2D eigenvalue weighted by molar-refractivity contribution is 0.693. The Hall–Kier alpha value is -3.42. The maximum atomic E-state index is 6.12. The number of fused-ring (bicyclic) bond motifs is 3. The van der Waals surface area contributed by atoms with Gasteiger partial charge in [0.05, 0.1) is 29.7 Å². The highest BCUT2D eigenvalue weighted by atomic mass is 35.5. The number of nitrogens with one attached hydrogen (secondary N) is 1. The van der Waals surface area contributed by atoms with Gasteiger partial charge in [-0.15, -0.1) is 11.3 Å². The van der Waals surface area contributed by atoms with Crippen molar-refractivity contribution in [3.05, 3.63) is 88.4 Å². The van der Waals surface area contributed by atoms with Gasteiger partial charge >= 0.3 is 0 Å². The van der Waals surface area contributed by atoms with Crippen LogP contribution in [0.15, 0.2) is 67.3 Å². The van der Waals surface area contributed by atoms with E-state index in [1.807, 2.05) is 42.1 Å². The molecule has 0 spiro atoms. The molecule has 0 radical (unpaired) electrons. The summed E-state index contributed by atoms with van der Waals surface area (Å²) in [7, 11) is 0. The van der Waals surface area contributed by atoms with Gasteiger partial charge in [-0.25, -0.2) is 9.97 Å². The van der Waals surface area contributed by atoms with E-state index in [-0.39, 0.29) is 0 Å². The van der Waals surface area contributed by atoms with Crippen LogP contribution in [0, 0.1) is 6.92 Å². The van der Waals surface area contributed by atoms with Crippen molar-refractivity contribution in [2.45, 2.75) is 20.0 Å². The number of aromatic nitrogens is 5. The lowest BCUT2D eigenvalue weighted by Gasteiger charge is -2.04. The van der Waals surface area contributed by atoms with Crippen molar-refractivity contribution in [3.63, 3.8) is 0 Å². The van der Waals surface area contributed by atoms with Crippen molar-refractivity contribution < 1.29 is 0 Å². The SMILES string of the molecule is Cc1cn2cc(Cn3cc4c(NCc5cc6ccc(Cl)cc6s5)nccc4n3)ccc2n1. The molecule has 6 aromatic rings. The molecule has 0 bridgehead atoms. The van der Waals surface area contributed by atoms with Crippen molar-refractivity contribution in [2.75, 3.05) is 5.32 Å². The zero-order chi connectivity index (χ0) is 21.7. The van der Waals surface area contributed by atoms with E-state index in [2.05, 4.69) is 50.3 Å². The molecule has 8 heteroatoms. The minimum atomic E-state index is 0.679. The first-order valence-corrected chi connectivity index (χ1v) is 11.5. The Balaban J connectivity index is 1.25. The second kappa shape index (κ2) is 7.62. The predicted molar refractivity (Wildman–Crippen MR) is 131 cm³/mol. The predicted octanol–water partition coefficient (Wildman–Crippen LogP) is 5.92. The standard InChI is InChI=1S/C24H19ClN6S/c1-15-11-30-12-16(2-5-23(30)28-15)13-31-14-20-21(29-31)6-7-26-24(20)27-10-19-8-17-3-4-18(25)9-22(17)32-19/h2-9,11-12,14H,10,13H2,1H3,(H,26,27). The number of thiophene rings is 1. The number of anilines is 1. The topological polar surface area (TPSA) is 60.0 Å². The van der Waals surface area contributed by atoms with E-state index in [9.17, 15) is 0 Å². The third-order valence-electron chi connectivity index (χ3n) is 5.42. The Kier molecular flexibility index (Phi) is 4.59. The zero-order valence-corrected chi connectivity index (χ0v) is 18.9. The van der Waals surface area contributed by atoms with Gasteiger partial charge in [0.15, 0.2) is 0 Å². The highest BCUT2D eigenvalue weighted by Gasteiger charge is 2.09. The highest BCUT2D eigenvalue weighted by Crippen LogP contribution is 2.29. The van der Waals surface area contributed by atoms with Gasteiger partial charge in [0, 0.05) is 39.4 Å². The first-order valence-electron chi connectivity index (χ1n) is 10.3. The van der Waals surface area contributed by atoms with Gasteiger partial charge in [-0.1, -0.05) is 23.7 Å². The molecule has 0 aliphatic rings. The minimum absolute atomic E-state index is 0.679. The molecule has 1 aromatic carbocycles. The average Bonchev–Trinajstić information content (AvgIpc) is 3.46. The molecule has 0 saturated heterocycles. The fourth-order valence-corrected chi connectivity index (χ4v) is 5.26. The number of hydrogen-bond acceptors (Lipinski definition) is 5. The van der Waals surface area contributed by atoms with Gasteiger partial charge in [0.2, 0.25) is 0 Å². The van der Waals surface area contributed by atoms with Crippen LogP contribution in [0.25, 0.3) is 26.6 Å². The molecule has 1 N–H and O–H groups in total. The summed E-state index contributed by atoms with van der Waals surface area (Å²) < 4.78 is 5.21. The van der Waals surface area contributed by atoms with Gasteiger partial charge in [-0.3, -0.25) is 4.68 Å². The molecule has 5 heterocycles. The second-order valence-electron chi connectivity index (χ2n) is 7.85. The molecule has 0 unspecified atom stereocenters. The summed E-state index contributed by atoms with van der Waals surface area (Å²) >= 11 is 7.87. The number of imidazole rings is 1. The molecular weight excluding hydrogens is 440 g/mol.